The standard InChI is InChI=1S/C16H17NOS/c1-11-6-2-4-8-13(11)17-16(18)15-10-12-7-3-5-9-14(12)19-15/h2,4,6,8,10H,3,5,7,9H2,1H3,(H,17,18). The van der Waals surface area contributed by atoms with E-state index in [-0.39, 0.29) is 5.91 Å². The molecule has 1 N–H and O–H groups in total. The first-order valence-electron chi connectivity index (χ1n) is 6.72. The van der Waals surface area contributed by atoms with Crippen LogP contribution in [0.2, 0.25) is 0 Å². The molecule has 1 aliphatic rings. The van der Waals surface area contributed by atoms with Crippen LogP contribution < -0.4 is 5.32 Å². The Balaban J connectivity index is 1.81. The molecule has 0 spiro atoms. The summed E-state index contributed by atoms with van der Waals surface area (Å²) in [6, 6.07) is 9.96. The number of amides is 1. The fourth-order valence-electron chi connectivity index (χ4n) is 2.50. The molecule has 0 unspecified atom stereocenters. The third-order valence-electron chi connectivity index (χ3n) is 3.61. The van der Waals surface area contributed by atoms with Crippen LogP contribution in [0.5, 0.6) is 0 Å². The third kappa shape index (κ3) is 2.56. The van der Waals surface area contributed by atoms with E-state index in [2.05, 4.69) is 11.4 Å². The van der Waals surface area contributed by atoms with Gasteiger partial charge >= 0.3 is 0 Å². The molecule has 1 heterocycles. The number of nitrogens with one attached hydrogen (secondary N) is 1. The Labute approximate surface area is 117 Å². The van der Waals surface area contributed by atoms with Gasteiger partial charge in [0.1, 0.15) is 0 Å². The van der Waals surface area contributed by atoms with Gasteiger partial charge in [-0.3, -0.25) is 4.79 Å². The van der Waals surface area contributed by atoms with Crippen molar-refractivity contribution in [2.24, 2.45) is 0 Å². The van der Waals surface area contributed by atoms with Crippen LogP contribution in [0, 0.1) is 6.92 Å². The van der Waals surface area contributed by atoms with Crippen molar-refractivity contribution in [2.45, 2.75) is 32.6 Å². The zero-order valence-electron chi connectivity index (χ0n) is 11.0. The van der Waals surface area contributed by atoms with E-state index in [1.165, 1.54) is 23.3 Å². The lowest BCUT2D eigenvalue weighted by Gasteiger charge is -2.08. The van der Waals surface area contributed by atoms with Crippen LogP contribution in [-0.4, -0.2) is 5.91 Å². The van der Waals surface area contributed by atoms with E-state index < -0.39 is 0 Å². The first-order chi connectivity index (χ1) is 9.24. The fraction of sp³-hybridized carbons (Fsp3) is 0.312. The minimum atomic E-state index is 0.0219. The summed E-state index contributed by atoms with van der Waals surface area (Å²) < 4.78 is 0. The van der Waals surface area contributed by atoms with Crippen molar-refractivity contribution >= 4 is 22.9 Å². The van der Waals surface area contributed by atoms with Crippen molar-refractivity contribution in [3.05, 3.63) is 51.2 Å². The zero-order chi connectivity index (χ0) is 13.2. The second kappa shape index (κ2) is 5.17. The number of hydrogen-bond donors (Lipinski definition) is 1. The Morgan fingerprint density at radius 2 is 2.00 bits per heavy atom. The molecule has 1 aromatic heterocycles. The lowest BCUT2D eigenvalue weighted by atomic mass is 9.99. The molecule has 0 bridgehead atoms. The number of para-hydroxylation sites is 1. The lowest BCUT2D eigenvalue weighted by Crippen LogP contribution is -2.10. The first kappa shape index (κ1) is 12.4. The Morgan fingerprint density at radius 1 is 1.21 bits per heavy atom. The molecule has 3 heteroatoms. The lowest BCUT2D eigenvalue weighted by molar-refractivity contribution is 0.103. The average molecular weight is 271 g/mol. The average Bonchev–Trinajstić information content (AvgIpc) is 2.85. The molecule has 0 fully saturated rings. The summed E-state index contributed by atoms with van der Waals surface area (Å²) in [4.78, 5) is 14.5. The van der Waals surface area contributed by atoms with Crippen LogP contribution in [-0.2, 0) is 12.8 Å². The van der Waals surface area contributed by atoms with Crippen LogP contribution in [0.3, 0.4) is 0 Å². The molecule has 0 saturated carbocycles. The highest BCUT2D eigenvalue weighted by atomic mass is 32.1. The molecular formula is C16H17NOS. The van der Waals surface area contributed by atoms with Gasteiger partial charge in [-0.25, -0.2) is 0 Å². The van der Waals surface area contributed by atoms with Crippen LogP contribution >= 0.6 is 11.3 Å². The monoisotopic (exact) mass is 271 g/mol. The van der Waals surface area contributed by atoms with Gasteiger partial charge in [0.25, 0.3) is 5.91 Å². The molecule has 0 atom stereocenters. The van der Waals surface area contributed by atoms with Gasteiger partial charge < -0.3 is 5.32 Å². The number of anilines is 1. The Morgan fingerprint density at radius 3 is 2.79 bits per heavy atom. The quantitative estimate of drug-likeness (QED) is 0.872. The smallest absolute Gasteiger partial charge is 0.265 e. The topological polar surface area (TPSA) is 29.1 Å². The Bertz CT molecular complexity index is 591. The van der Waals surface area contributed by atoms with Crippen LogP contribution in [0.1, 0.15) is 38.5 Å². The van der Waals surface area contributed by atoms with Gasteiger partial charge in [0, 0.05) is 10.6 Å². The van der Waals surface area contributed by atoms with E-state index in [0.717, 1.165) is 29.0 Å². The summed E-state index contributed by atoms with van der Waals surface area (Å²) in [6.07, 6.45) is 4.77. The number of hydrogen-bond acceptors (Lipinski definition) is 2. The predicted octanol–water partition coefficient (Wildman–Crippen LogP) is 4.19. The molecule has 3 rings (SSSR count). The molecule has 0 aliphatic heterocycles. The predicted molar refractivity (Wildman–Crippen MR) is 80.1 cm³/mol. The van der Waals surface area contributed by atoms with Crippen molar-refractivity contribution in [2.75, 3.05) is 5.32 Å². The highest BCUT2D eigenvalue weighted by Crippen LogP contribution is 2.30. The van der Waals surface area contributed by atoms with E-state index in [1.54, 1.807) is 11.3 Å². The largest absolute Gasteiger partial charge is 0.321 e. The maximum atomic E-state index is 12.3. The molecule has 2 nitrogen and oxygen atoms in total. The molecule has 98 valence electrons. The Kier molecular flexibility index (Phi) is 3.38. The number of thiophene rings is 1. The van der Waals surface area contributed by atoms with Gasteiger partial charge in [-0.05, 0) is 55.9 Å². The van der Waals surface area contributed by atoms with E-state index in [4.69, 9.17) is 0 Å². The van der Waals surface area contributed by atoms with E-state index in [9.17, 15) is 4.79 Å². The molecule has 1 aliphatic carbocycles. The van der Waals surface area contributed by atoms with Crippen molar-refractivity contribution in [1.82, 2.24) is 0 Å². The van der Waals surface area contributed by atoms with Crippen LogP contribution in [0.15, 0.2) is 30.3 Å². The summed E-state index contributed by atoms with van der Waals surface area (Å²) >= 11 is 1.66. The minimum Gasteiger partial charge on any atom is -0.321 e. The van der Waals surface area contributed by atoms with Gasteiger partial charge in [-0.2, -0.15) is 0 Å². The van der Waals surface area contributed by atoms with Crippen LogP contribution in [0.4, 0.5) is 5.69 Å². The molecule has 2 aromatic rings. The number of aryl methyl sites for hydroxylation is 3. The molecule has 19 heavy (non-hydrogen) atoms. The number of fused-ring (bicyclic) bond motifs is 1. The summed E-state index contributed by atoms with van der Waals surface area (Å²) in [5.41, 5.74) is 3.38. The van der Waals surface area contributed by atoms with Crippen LogP contribution in [0.25, 0.3) is 0 Å². The summed E-state index contributed by atoms with van der Waals surface area (Å²) in [7, 11) is 0. The molecular weight excluding hydrogens is 254 g/mol. The van der Waals surface area contributed by atoms with Crippen molar-refractivity contribution in [3.8, 4) is 0 Å². The summed E-state index contributed by atoms with van der Waals surface area (Å²) in [5.74, 6) is 0.0219. The summed E-state index contributed by atoms with van der Waals surface area (Å²) in [6.45, 7) is 2.01. The zero-order valence-corrected chi connectivity index (χ0v) is 11.8. The maximum Gasteiger partial charge on any atom is 0.265 e. The van der Waals surface area contributed by atoms with Gasteiger partial charge in [-0.1, -0.05) is 18.2 Å². The van der Waals surface area contributed by atoms with E-state index in [0.29, 0.717) is 0 Å². The molecule has 1 aromatic carbocycles. The van der Waals surface area contributed by atoms with Crippen molar-refractivity contribution in [3.63, 3.8) is 0 Å². The molecule has 1 amide bonds. The number of rotatable bonds is 2. The maximum absolute atomic E-state index is 12.3. The first-order valence-corrected chi connectivity index (χ1v) is 7.54. The van der Waals surface area contributed by atoms with Crippen molar-refractivity contribution < 1.29 is 4.79 Å². The second-order valence-electron chi connectivity index (χ2n) is 5.04. The Hall–Kier alpha value is -1.61. The summed E-state index contributed by atoms with van der Waals surface area (Å²) in [5, 5.41) is 3.01. The highest BCUT2D eigenvalue weighted by Gasteiger charge is 2.17. The van der Waals surface area contributed by atoms with Gasteiger partial charge in [0.05, 0.1) is 4.88 Å². The van der Waals surface area contributed by atoms with E-state index in [1.807, 2.05) is 31.2 Å². The second-order valence-corrected chi connectivity index (χ2v) is 6.17. The van der Waals surface area contributed by atoms with E-state index >= 15 is 0 Å². The number of carbonyl (C=O) groups is 1. The van der Waals surface area contributed by atoms with Crippen molar-refractivity contribution in [1.29, 1.82) is 0 Å². The van der Waals surface area contributed by atoms with Gasteiger partial charge in [0.15, 0.2) is 0 Å². The van der Waals surface area contributed by atoms with Gasteiger partial charge in [0.2, 0.25) is 0 Å². The normalized spacial score (nSPS) is 13.9. The number of benzene rings is 1. The minimum absolute atomic E-state index is 0.0219. The SMILES string of the molecule is Cc1ccccc1NC(=O)c1cc2c(s1)CCCC2. The highest BCUT2D eigenvalue weighted by molar-refractivity contribution is 7.14. The number of carbonyl (C=O) groups excluding carboxylic acids is 1. The molecule has 0 saturated heterocycles. The third-order valence-corrected chi connectivity index (χ3v) is 4.85. The fourth-order valence-corrected chi connectivity index (χ4v) is 3.65. The molecule has 0 radical (unpaired) electrons. The van der Waals surface area contributed by atoms with Gasteiger partial charge in [-0.15, -0.1) is 11.3 Å².